The average Bonchev–Trinajstić information content (AvgIpc) is 2.96. The fourth-order valence-electron chi connectivity index (χ4n) is 2.56. The van der Waals surface area contributed by atoms with E-state index in [1.165, 1.54) is 7.11 Å². The Balaban J connectivity index is 1.76. The first-order valence-electron chi connectivity index (χ1n) is 7.72. The van der Waals surface area contributed by atoms with Crippen LogP contribution in [0.5, 0.6) is 0 Å². The summed E-state index contributed by atoms with van der Waals surface area (Å²) in [6.45, 7) is 0.274. The van der Waals surface area contributed by atoms with E-state index in [1.54, 1.807) is 24.3 Å². The molecule has 7 nitrogen and oxygen atoms in total. The Bertz CT molecular complexity index is 933. The number of benzene rings is 2. The molecule has 3 rings (SSSR count). The molecule has 0 unspecified atom stereocenters. The van der Waals surface area contributed by atoms with Crippen molar-refractivity contribution in [3.63, 3.8) is 0 Å². The number of ether oxygens (including phenoxy) is 1. The molecule has 2 aromatic carbocycles. The number of carbonyl (C=O) groups excluding carboxylic acids is 2. The number of hydrogen-bond acceptors (Lipinski definition) is 4. The van der Waals surface area contributed by atoms with Gasteiger partial charge in [0.2, 0.25) is 0 Å². The van der Waals surface area contributed by atoms with Gasteiger partial charge in [0.05, 0.1) is 35.9 Å². The number of rotatable bonds is 4. The maximum absolute atomic E-state index is 12.5. The molecule has 0 saturated carbocycles. The number of aryl methyl sites for hydroxylation is 1. The van der Waals surface area contributed by atoms with Crippen LogP contribution >= 0.6 is 0 Å². The number of nitrogens with one attached hydrogen (secondary N) is 2. The second-order valence-corrected chi connectivity index (χ2v) is 5.42. The molecule has 0 fully saturated rings. The summed E-state index contributed by atoms with van der Waals surface area (Å²) in [6, 6.07) is 14.5. The molecule has 128 valence electrons. The molecule has 0 aliphatic rings. The van der Waals surface area contributed by atoms with Crippen LogP contribution in [0.1, 0.15) is 16.2 Å². The number of para-hydroxylation sites is 3. The number of anilines is 1. The minimum atomic E-state index is -0.629. The summed E-state index contributed by atoms with van der Waals surface area (Å²) >= 11 is 0. The van der Waals surface area contributed by atoms with Crippen LogP contribution in [0.4, 0.5) is 10.5 Å². The first-order valence-corrected chi connectivity index (χ1v) is 7.72. The molecule has 0 saturated heterocycles. The monoisotopic (exact) mass is 338 g/mol. The van der Waals surface area contributed by atoms with Crippen LogP contribution in [0, 0.1) is 0 Å². The first kappa shape index (κ1) is 16.5. The van der Waals surface area contributed by atoms with Crippen molar-refractivity contribution >= 4 is 28.7 Å². The van der Waals surface area contributed by atoms with Gasteiger partial charge in [0.25, 0.3) is 5.91 Å². The van der Waals surface area contributed by atoms with Crippen molar-refractivity contribution in [2.24, 2.45) is 7.05 Å². The van der Waals surface area contributed by atoms with Crippen LogP contribution < -0.4 is 10.6 Å². The van der Waals surface area contributed by atoms with Crippen LogP contribution in [-0.4, -0.2) is 28.7 Å². The third-order valence-electron chi connectivity index (χ3n) is 3.88. The van der Waals surface area contributed by atoms with Gasteiger partial charge in [-0.25, -0.2) is 9.78 Å². The molecule has 0 aliphatic carbocycles. The summed E-state index contributed by atoms with van der Waals surface area (Å²) in [5, 5.41) is 5.36. The van der Waals surface area contributed by atoms with Crippen molar-refractivity contribution in [1.82, 2.24) is 14.9 Å². The smallest absolute Gasteiger partial charge is 0.411 e. The lowest BCUT2D eigenvalue weighted by molar-refractivity contribution is 0.0950. The van der Waals surface area contributed by atoms with Crippen molar-refractivity contribution in [3.05, 3.63) is 59.9 Å². The number of nitrogens with zero attached hydrogens (tertiary/aromatic N) is 2. The van der Waals surface area contributed by atoms with E-state index in [2.05, 4.69) is 20.4 Å². The molecule has 2 amide bonds. The second kappa shape index (κ2) is 7.04. The van der Waals surface area contributed by atoms with E-state index in [4.69, 9.17) is 0 Å². The van der Waals surface area contributed by atoms with Crippen LogP contribution in [0.2, 0.25) is 0 Å². The molecule has 3 aromatic rings. The third kappa shape index (κ3) is 3.45. The van der Waals surface area contributed by atoms with Gasteiger partial charge in [0.1, 0.15) is 5.82 Å². The summed E-state index contributed by atoms with van der Waals surface area (Å²) in [5.41, 5.74) is 2.62. The van der Waals surface area contributed by atoms with Gasteiger partial charge >= 0.3 is 6.09 Å². The molecule has 0 radical (unpaired) electrons. The molecule has 7 heteroatoms. The van der Waals surface area contributed by atoms with Crippen molar-refractivity contribution in [2.75, 3.05) is 12.4 Å². The fraction of sp³-hybridized carbons (Fsp3) is 0.167. The predicted octanol–water partition coefficient (Wildman–Crippen LogP) is 2.68. The zero-order chi connectivity index (χ0) is 17.8. The highest BCUT2D eigenvalue weighted by Gasteiger charge is 2.14. The third-order valence-corrected chi connectivity index (χ3v) is 3.88. The SMILES string of the molecule is COC(=O)Nc1ccccc1C(=O)NCc1nc2ccccc2n1C. The van der Waals surface area contributed by atoms with E-state index in [-0.39, 0.29) is 12.5 Å². The van der Waals surface area contributed by atoms with Gasteiger partial charge in [-0.15, -0.1) is 0 Å². The van der Waals surface area contributed by atoms with Gasteiger partial charge in [-0.1, -0.05) is 24.3 Å². The summed E-state index contributed by atoms with van der Waals surface area (Å²) in [7, 11) is 3.17. The van der Waals surface area contributed by atoms with E-state index in [9.17, 15) is 9.59 Å². The largest absolute Gasteiger partial charge is 0.453 e. The van der Waals surface area contributed by atoms with Crippen LogP contribution in [0.25, 0.3) is 11.0 Å². The molecular weight excluding hydrogens is 320 g/mol. The Morgan fingerprint density at radius 3 is 2.60 bits per heavy atom. The van der Waals surface area contributed by atoms with E-state index in [0.29, 0.717) is 11.3 Å². The quantitative estimate of drug-likeness (QED) is 0.766. The number of fused-ring (bicyclic) bond motifs is 1. The number of aromatic nitrogens is 2. The number of methoxy groups -OCH3 is 1. The highest BCUT2D eigenvalue weighted by atomic mass is 16.5. The van der Waals surface area contributed by atoms with Gasteiger partial charge in [0.15, 0.2) is 0 Å². The van der Waals surface area contributed by atoms with Gasteiger partial charge in [-0.3, -0.25) is 10.1 Å². The number of hydrogen-bond donors (Lipinski definition) is 2. The zero-order valence-corrected chi connectivity index (χ0v) is 13.9. The predicted molar refractivity (Wildman–Crippen MR) is 94.4 cm³/mol. The van der Waals surface area contributed by atoms with Crippen molar-refractivity contribution < 1.29 is 14.3 Å². The Kier molecular flexibility index (Phi) is 4.65. The van der Waals surface area contributed by atoms with E-state index in [1.807, 2.05) is 35.9 Å². The molecular formula is C18H18N4O3. The van der Waals surface area contributed by atoms with Gasteiger partial charge in [-0.05, 0) is 24.3 Å². The lowest BCUT2D eigenvalue weighted by Crippen LogP contribution is -2.26. The summed E-state index contributed by atoms with van der Waals surface area (Å²) in [4.78, 5) is 28.4. The summed E-state index contributed by atoms with van der Waals surface area (Å²) < 4.78 is 6.51. The molecule has 1 heterocycles. The molecule has 0 bridgehead atoms. The molecule has 0 spiro atoms. The minimum Gasteiger partial charge on any atom is -0.453 e. The number of carbonyl (C=O) groups is 2. The molecule has 0 aliphatic heterocycles. The van der Waals surface area contributed by atoms with Crippen LogP contribution in [0.3, 0.4) is 0 Å². The number of amides is 2. The van der Waals surface area contributed by atoms with Gasteiger partial charge in [0, 0.05) is 7.05 Å². The maximum atomic E-state index is 12.5. The van der Waals surface area contributed by atoms with Crippen molar-refractivity contribution in [2.45, 2.75) is 6.54 Å². The summed E-state index contributed by atoms with van der Waals surface area (Å²) in [6.07, 6.45) is -0.629. The van der Waals surface area contributed by atoms with E-state index < -0.39 is 6.09 Å². The molecule has 2 N–H and O–H groups in total. The average molecular weight is 338 g/mol. The van der Waals surface area contributed by atoms with Gasteiger partial charge in [-0.2, -0.15) is 0 Å². The standard InChI is InChI=1S/C18H18N4O3/c1-22-15-10-6-5-9-14(15)20-16(22)11-19-17(23)12-7-3-4-8-13(12)21-18(24)25-2/h3-10H,11H2,1-2H3,(H,19,23)(H,21,24). The maximum Gasteiger partial charge on any atom is 0.411 e. The zero-order valence-electron chi connectivity index (χ0n) is 13.9. The topological polar surface area (TPSA) is 85.2 Å². The summed E-state index contributed by atoms with van der Waals surface area (Å²) in [5.74, 6) is 0.437. The Labute approximate surface area is 144 Å². The lowest BCUT2D eigenvalue weighted by atomic mass is 10.1. The van der Waals surface area contributed by atoms with Crippen LogP contribution in [-0.2, 0) is 18.3 Å². The van der Waals surface area contributed by atoms with Crippen molar-refractivity contribution in [1.29, 1.82) is 0 Å². The van der Waals surface area contributed by atoms with E-state index >= 15 is 0 Å². The fourth-order valence-corrected chi connectivity index (χ4v) is 2.56. The lowest BCUT2D eigenvalue weighted by Gasteiger charge is -2.10. The minimum absolute atomic E-state index is 0.274. The highest BCUT2D eigenvalue weighted by molar-refractivity contribution is 6.02. The molecule has 0 atom stereocenters. The number of imidazole rings is 1. The van der Waals surface area contributed by atoms with Gasteiger partial charge < -0.3 is 14.6 Å². The molecule has 1 aromatic heterocycles. The second-order valence-electron chi connectivity index (χ2n) is 5.42. The Morgan fingerprint density at radius 2 is 1.84 bits per heavy atom. The van der Waals surface area contributed by atoms with Crippen molar-refractivity contribution in [3.8, 4) is 0 Å². The normalized spacial score (nSPS) is 10.5. The van der Waals surface area contributed by atoms with E-state index in [0.717, 1.165) is 16.9 Å². The highest BCUT2D eigenvalue weighted by Crippen LogP contribution is 2.17. The van der Waals surface area contributed by atoms with Crippen LogP contribution in [0.15, 0.2) is 48.5 Å². The Hall–Kier alpha value is -3.35. The molecule has 25 heavy (non-hydrogen) atoms. The first-order chi connectivity index (χ1) is 12.1. The Morgan fingerprint density at radius 1 is 1.12 bits per heavy atom.